The zero-order valence-corrected chi connectivity index (χ0v) is 9.76. The van der Waals surface area contributed by atoms with Crippen LogP contribution in [0, 0.1) is 11.6 Å². The van der Waals surface area contributed by atoms with Gasteiger partial charge in [0.1, 0.15) is 5.82 Å². The highest BCUT2D eigenvalue weighted by molar-refractivity contribution is 5.82. The van der Waals surface area contributed by atoms with Gasteiger partial charge in [-0.1, -0.05) is 0 Å². The molecular formula is C11H15F2N3O. The molecule has 0 atom stereocenters. The van der Waals surface area contributed by atoms with E-state index in [1.807, 2.05) is 0 Å². The molecule has 0 unspecified atom stereocenters. The summed E-state index contributed by atoms with van der Waals surface area (Å²) in [6, 6.07) is 1.80. The van der Waals surface area contributed by atoms with Crippen LogP contribution in [-0.2, 0) is 4.79 Å². The van der Waals surface area contributed by atoms with Crippen molar-refractivity contribution in [1.82, 2.24) is 5.32 Å². The average Bonchev–Trinajstić information content (AvgIpc) is 2.23. The van der Waals surface area contributed by atoms with Gasteiger partial charge in [0.15, 0.2) is 5.82 Å². The van der Waals surface area contributed by atoms with Crippen LogP contribution in [0.5, 0.6) is 0 Å². The zero-order valence-electron chi connectivity index (χ0n) is 9.76. The summed E-state index contributed by atoms with van der Waals surface area (Å²) in [6.07, 6.45) is 0. The third-order valence-corrected chi connectivity index (χ3v) is 2.24. The topological polar surface area (TPSA) is 58.4 Å². The van der Waals surface area contributed by atoms with Crippen LogP contribution in [0.15, 0.2) is 12.1 Å². The van der Waals surface area contributed by atoms with E-state index in [2.05, 4.69) is 5.32 Å². The van der Waals surface area contributed by atoms with Gasteiger partial charge in [-0.05, 0) is 13.0 Å². The number of likely N-dealkylation sites (N-methyl/N-ethyl adjacent to an activating group) is 2. The van der Waals surface area contributed by atoms with Crippen molar-refractivity contribution in [3.05, 3.63) is 23.8 Å². The molecule has 0 spiro atoms. The first-order chi connectivity index (χ1) is 7.95. The van der Waals surface area contributed by atoms with E-state index in [1.54, 1.807) is 14.0 Å². The van der Waals surface area contributed by atoms with E-state index >= 15 is 0 Å². The molecule has 0 aliphatic carbocycles. The molecule has 0 saturated carbocycles. The maximum Gasteiger partial charge on any atom is 0.239 e. The number of carbonyl (C=O) groups excluding carboxylic acids is 1. The summed E-state index contributed by atoms with van der Waals surface area (Å²) in [5.41, 5.74) is 5.48. The summed E-state index contributed by atoms with van der Waals surface area (Å²) >= 11 is 0. The molecule has 1 amide bonds. The van der Waals surface area contributed by atoms with E-state index in [0.29, 0.717) is 12.6 Å². The molecule has 0 aliphatic rings. The van der Waals surface area contributed by atoms with Crippen molar-refractivity contribution in [1.29, 1.82) is 0 Å². The zero-order chi connectivity index (χ0) is 13.0. The van der Waals surface area contributed by atoms with Gasteiger partial charge in [-0.3, -0.25) is 4.79 Å². The van der Waals surface area contributed by atoms with Crippen molar-refractivity contribution >= 4 is 17.3 Å². The molecule has 0 aliphatic heterocycles. The lowest BCUT2D eigenvalue weighted by Crippen LogP contribution is -2.35. The van der Waals surface area contributed by atoms with E-state index in [9.17, 15) is 13.6 Å². The normalized spacial score (nSPS) is 10.1. The molecule has 0 aromatic heterocycles. The Morgan fingerprint density at radius 1 is 1.47 bits per heavy atom. The lowest BCUT2D eigenvalue weighted by Gasteiger charge is -2.20. The van der Waals surface area contributed by atoms with Gasteiger partial charge in [-0.25, -0.2) is 8.78 Å². The van der Waals surface area contributed by atoms with E-state index in [4.69, 9.17) is 5.73 Å². The number of nitrogens with zero attached hydrogens (tertiary/aromatic N) is 1. The number of nitrogen functional groups attached to an aromatic ring is 1. The lowest BCUT2D eigenvalue weighted by molar-refractivity contribution is -0.119. The smallest absolute Gasteiger partial charge is 0.239 e. The van der Waals surface area contributed by atoms with Crippen LogP contribution in [0.3, 0.4) is 0 Å². The Morgan fingerprint density at radius 3 is 2.71 bits per heavy atom. The number of carbonyl (C=O) groups is 1. The van der Waals surface area contributed by atoms with Crippen molar-refractivity contribution in [2.24, 2.45) is 0 Å². The molecule has 17 heavy (non-hydrogen) atoms. The minimum atomic E-state index is -0.831. The van der Waals surface area contributed by atoms with Crippen molar-refractivity contribution in [3.8, 4) is 0 Å². The number of amides is 1. The van der Waals surface area contributed by atoms with Gasteiger partial charge >= 0.3 is 0 Å². The Balaban J connectivity index is 2.88. The largest absolute Gasteiger partial charge is 0.395 e. The maximum absolute atomic E-state index is 13.2. The summed E-state index contributed by atoms with van der Waals surface area (Å²) in [5, 5.41) is 2.59. The fraction of sp³-hybridized carbons (Fsp3) is 0.364. The summed E-state index contributed by atoms with van der Waals surface area (Å²) in [4.78, 5) is 12.7. The highest BCUT2D eigenvalue weighted by Crippen LogP contribution is 2.26. The Bertz CT molecular complexity index is 423. The standard InChI is InChI=1S/C11H15F2N3O/c1-3-15-10(17)6-16(2)9-5-7(12)4-8(13)11(9)14/h4-5H,3,6,14H2,1-2H3,(H,15,17). The predicted molar refractivity (Wildman–Crippen MR) is 62.7 cm³/mol. The van der Waals surface area contributed by atoms with E-state index in [0.717, 1.165) is 6.07 Å². The van der Waals surface area contributed by atoms with Gasteiger partial charge in [0.2, 0.25) is 5.91 Å². The monoisotopic (exact) mass is 243 g/mol. The van der Waals surface area contributed by atoms with Gasteiger partial charge < -0.3 is 16.0 Å². The van der Waals surface area contributed by atoms with E-state index in [-0.39, 0.29) is 23.8 Å². The fourth-order valence-corrected chi connectivity index (χ4v) is 1.44. The number of benzene rings is 1. The highest BCUT2D eigenvalue weighted by atomic mass is 19.1. The van der Waals surface area contributed by atoms with Crippen molar-refractivity contribution in [3.63, 3.8) is 0 Å². The van der Waals surface area contributed by atoms with Crippen molar-refractivity contribution < 1.29 is 13.6 Å². The quantitative estimate of drug-likeness (QED) is 0.779. The Hall–Kier alpha value is -1.85. The second-order valence-corrected chi connectivity index (χ2v) is 3.63. The molecule has 3 N–H and O–H groups in total. The molecule has 0 bridgehead atoms. The molecule has 0 radical (unpaired) electrons. The molecule has 0 fully saturated rings. The molecule has 0 saturated heterocycles. The van der Waals surface area contributed by atoms with Crippen LogP contribution in [0.4, 0.5) is 20.2 Å². The molecule has 0 heterocycles. The number of nitrogens with one attached hydrogen (secondary N) is 1. The van der Waals surface area contributed by atoms with Crippen molar-refractivity contribution in [2.45, 2.75) is 6.92 Å². The highest BCUT2D eigenvalue weighted by Gasteiger charge is 2.14. The minimum Gasteiger partial charge on any atom is -0.395 e. The molecule has 1 rings (SSSR count). The first kappa shape index (κ1) is 13.2. The van der Waals surface area contributed by atoms with Gasteiger partial charge in [0, 0.05) is 19.7 Å². The fourth-order valence-electron chi connectivity index (χ4n) is 1.44. The summed E-state index contributed by atoms with van der Waals surface area (Å²) in [6.45, 7) is 2.27. The number of hydrogen-bond acceptors (Lipinski definition) is 3. The minimum absolute atomic E-state index is 0.0130. The second-order valence-electron chi connectivity index (χ2n) is 3.63. The number of anilines is 2. The summed E-state index contributed by atoms with van der Waals surface area (Å²) in [7, 11) is 1.54. The number of nitrogens with two attached hydrogens (primary N) is 1. The predicted octanol–water partition coefficient (Wildman–Crippen LogP) is 1.12. The van der Waals surface area contributed by atoms with Crippen LogP contribution >= 0.6 is 0 Å². The average molecular weight is 243 g/mol. The Kier molecular flexibility index (Phi) is 4.25. The Morgan fingerprint density at radius 2 is 2.12 bits per heavy atom. The molecular weight excluding hydrogens is 228 g/mol. The lowest BCUT2D eigenvalue weighted by atomic mass is 10.2. The molecule has 94 valence electrons. The molecule has 1 aromatic carbocycles. The van der Waals surface area contributed by atoms with Gasteiger partial charge in [0.25, 0.3) is 0 Å². The van der Waals surface area contributed by atoms with Crippen LogP contribution in [0.25, 0.3) is 0 Å². The number of halogens is 2. The van der Waals surface area contributed by atoms with Crippen LogP contribution in [0.2, 0.25) is 0 Å². The molecule has 4 nitrogen and oxygen atoms in total. The number of hydrogen-bond donors (Lipinski definition) is 2. The van der Waals surface area contributed by atoms with Crippen molar-refractivity contribution in [2.75, 3.05) is 30.8 Å². The van der Waals surface area contributed by atoms with Crippen LogP contribution in [0.1, 0.15) is 6.92 Å². The second kappa shape index (κ2) is 5.47. The SMILES string of the molecule is CCNC(=O)CN(C)c1cc(F)cc(F)c1N. The third-order valence-electron chi connectivity index (χ3n) is 2.24. The molecule has 1 aromatic rings. The Labute approximate surface area is 98.4 Å². The summed E-state index contributed by atoms with van der Waals surface area (Å²) in [5.74, 6) is -1.80. The van der Waals surface area contributed by atoms with Gasteiger partial charge in [-0.15, -0.1) is 0 Å². The van der Waals surface area contributed by atoms with E-state index in [1.165, 1.54) is 4.90 Å². The number of rotatable bonds is 4. The van der Waals surface area contributed by atoms with E-state index < -0.39 is 11.6 Å². The third kappa shape index (κ3) is 3.30. The first-order valence-corrected chi connectivity index (χ1v) is 5.18. The molecule has 6 heteroatoms. The van der Waals surface area contributed by atoms with Gasteiger partial charge in [-0.2, -0.15) is 0 Å². The van der Waals surface area contributed by atoms with Gasteiger partial charge in [0.05, 0.1) is 17.9 Å². The summed E-state index contributed by atoms with van der Waals surface area (Å²) < 4.78 is 26.2. The van der Waals surface area contributed by atoms with Crippen LogP contribution in [-0.4, -0.2) is 26.0 Å². The first-order valence-electron chi connectivity index (χ1n) is 5.18. The van der Waals surface area contributed by atoms with Crippen LogP contribution < -0.4 is 16.0 Å². The maximum atomic E-state index is 13.2.